The first-order valence-corrected chi connectivity index (χ1v) is 6.83. The smallest absolute Gasteiger partial charge is 0.254 e. The lowest BCUT2D eigenvalue weighted by molar-refractivity contribution is -0.124. The second-order valence-corrected chi connectivity index (χ2v) is 5.16. The first-order chi connectivity index (χ1) is 9.53. The number of anilines is 1. The minimum Gasteiger partial charge on any atom is -0.338 e. The molecule has 0 aromatic heterocycles. The number of nitrogens with zero attached hydrogens (tertiary/aromatic N) is 1. The Labute approximate surface area is 118 Å². The Morgan fingerprint density at radius 3 is 2.65 bits per heavy atom. The molecule has 1 aromatic carbocycles. The second kappa shape index (κ2) is 5.61. The number of fused-ring (bicyclic) bond motifs is 1. The fourth-order valence-corrected chi connectivity index (χ4v) is 2.36. The molecule has 20 heavy (non-hydrogen) atoms. The number of para-hydroxylation sites is 1. The lowest BCUT2D eigenvalue weighted by atomic mass is 9.97. The van der Waals surface area contributed by atoms with Crippen LogP contribution in [0.3, 0.4) is 0 Å². The van der Waals surface area contributed by atoms with Crippen LogP contribution in [0.2, 0.25) is 0 Å². The highest BCUT2D eigenvalue weighted by Gasteiger charge is 2.41. The van der Waals surface area contributed by atoms with E-state index in [1.165, 1.54) is 4.90 Å². The van der Waals surface area contributed by atoms with Gasteiger partial charge in [-0.2, -0.15) is 0 Å². The lowest BCUT2D eigenvalue weighted by Gasteiger charge is -2.31. The normalized spacial score (nSPS) is 22.2. The minimum absolute atomic E-state index is 0.188. The number of alkyl halides is 1. The molecule has 1 atom stereocenters. The lowest BCUT2D eigenvalue weighted by Crippen LogP contribution is -2.55. The molecule has 0 radical (unpaired) electrons. The number of nitrogens with one attached hydrogen (secondary N) is 1. The van der Waals surface area contributed by atoms with Crippen LogP contribution in [0.25, 0.3) is 0 Å². The van der Waals surface area contributed by atoms with Gasteiger partial charge in [0.15, 0.2) is 0 Å². The van der Waals surface area contributed by atoms with Crippen LogP contribution in [0.1, 0.15) is 37.0 Å². The van der Waals surface area contributed by atoms with E-state index in [1.54, 1.807) is 31.2 Å². The van der Waals surface area contributed by atoms with Crippen molar-refractivity contribution in [2.45, 2.75) is 32.2 Å². The molecule has 4 nitrogen and oxygen atoms in total. The van der Waals surface area contributed by atoms with Gasteiger partial charge in [-0.05, 0) is 31.9 Å². The zero-order valence-electron chi connectivity index (χ0n) is 11.8. The molecule has 0 bridgehead atoms. The predicted octanol–water partition coefficient (Wildman–Crippen LogP) is 2.29. The van der Waals surface area contributed by atoms with E-state index in [9.17, 15) is 14.0 Å². The van der Waals surface area contributed by atoms with Gasteiger partial charge in [0, 0.05) is 6.54 Å². The quantitative estimate of drug-likeness (QED) is 0.918. The average molecular weight is 278 g/mol. The van der Waals surface area contributed by atoms with Crippen molar-refractivity contribution >= 4 is 17.5 Å². The highest BCUT2D eigenvalue weighted by atomic mass is 19.1. The van der Waals surface area contributed by atoms with Crippen LogP contribution in [0.5, 0.6) is 0 Å². The first-order valence-electron chi connectivity index (χ1n) is 6.83. The topological polar surface area (TPSA) is 49.4 Å². The minimum atomic E-state index is -0.952. The van der Waals surface area contributed by atoms with E-state index < -0.39 is 12.2 Å². The van der Waals surface area contributed by atoms with E-state index >= 15 is 0 Å². The second-order valence-electron chi connectivity index (χ2n) is 5.16. The molecule has 0 fully saturated rings. The van der Waals surface area contributed by atoms with Crippen molar-refractivity contribution in [3.63, 3.8) is 0 Å². The molecule has 1 aliphatic heterocycles. The molecular formula is C15H19FN2O2. The Kier molecular flexibility index (Phi) is 4.06. The number of hydrogen-bond acceptors (Lipinski definition) is 2. The van der Waals surface area contributed by atoms with Crippen molar-refractivity contribution in [1.29, 1.82) is 0 Å². The van der Waals surface area contributed by atoms with Crippen LogP contribution in [0, 0.1) is 0 Å². The maximum absolute atomic E-state index is 12.7. The summed E-state index contributed by atoms with van der Waals surface area (Å²) in [6, 6.07) is 6.94. The van der Waals surface area contributed by atoms with Crippen molar-refractivity contribution in [2.75, 3.05) is 18.1 Å². The number of halogens is 1. The molecule has 1 unspecified atom stereocenters. The van der Waals surface area contributed by atoms with Crippen LogP contribution >= 0.6 is 0 Å². The maximum Gasteiger partial charge on any atom is 0.254 e. The molecule has 108 valence electrons. The molecule has 0 saturated carbocycles. The largest absolute Gasteiger partial charge is 0.338 e. The third-order valence-corrected chi connectivity index (χ3v) is 3.77. The summed E-state index contributed by atoms with van der Waals surface area (Å²) in [5.41, 5.74) is 0.0596. The summed E-state index contributed by atoms with van der Waals surface area (Å²) < 4.78 is 12.5. The summed E-state index contributed by atoms with van der Waals surface area (Å²) in [6.45, 7) is 3.34. The highest BCUT2D eigenvalue weighted by Crippen LogP contribution is 2.28. The van der Waals surface area contributed by atoms with Crippen molar-refractivity contribution < 1.29 is 14.0 Å². The molecule has 5 heteroatoms. The van der Waals surface area contributed by atoms with E-state index in [2.05, 4.69) is 5.32 Å². The molecule has 0 spiro atoms. The zero-order chi connectivity index (χ0) is 14.8. The Morgan fingerprint density at radius 1 is 1.30 bits per heavy atom. The van der Waals surface area contributed by atoms with E-state index in [4.69, 9.17) is 0 Å². The third-order valence-electron chi connectivity index (χ3n) is 3.77. The summed E-state index contributed by atoms with van der Waals surface area (Å²) in [6.07, 6.45) is 0.742. The van der Waals surface area contributed by atoms with Crippen LogP contribution in [0.15, 0.2) is 24.3 Å². The van der Waals surface area contributed by atoms with Gasteiger partial charge in [-0.1, -0.05) is 19.1 Å². The standard InChI is InChI=1S/C15H19FN2O2/c1-3-15(2)14(20)18(10-6-9-16)12-8-5-4-7-11(12)13(19)17-15/h4-5,7-8H,3,6,9-10H2,1-2H3,(H,17,19). The summed E-state index contributed by atoms with van der Waals surface area (Å²) in [5.74, 6) is -0.451. The molecule has 2 amide bonds. The molecule has 2 rings (SSSR count). The average Bonchev–Trinajstić information content (AvgIpc) is 2.54. The molecule has 0 saturated heterocycles. The fourth-order valence-electron chi connectivity index (χ4n) is 2.36. The number of carbonyl (C=O) groups is 2. The predicted molar refractivity (Wildman–Crippen MR) is 75.5 cm³/mol. The van der Waals surface area contributed by atoms with E-state index in [0.29, 0.717) is 17.7 Å². The van der Waals surface area contributed by atoms with Crippen molar-refractivity contribution in [3.8, 4) is 0 Å². The summed E-state index contributed by atoms with van der Waals surface area (Å²) in [7, 11) is 0. The zero-order valence-corrected chi connectivity index (χ0v) is 11.8. The van der Waals surface area contributed by atoms with Gasteiger partial charge in [-0.3, -0.25) is 14.0 Å². The van der Waals surface area contributed by atoms with Crippen molar-refractivity contribution in [2.24, 2.45) is 0 Å². The van der Waals surface area contributed by atoms with E-state index in [-0.39, 0.29) is 24.8 Å². The Hall–Kier alpha value is -1.91. The number of benzene rings is 1. The monoisotopic (exact) mass is 278 g/mol. The Morgan fingerprint density at radius 2 is 2.00 bits per heavy atom. The van der Waals surface area contributed by atoms with Gasteiger partial charge in [-0.15, -0.1) is 0 Å². The fraction of sp³-hybridized carbons (Fsp3) is 0.467. The SMILES string of the molecule is CCC1(C)NC(=O)c2ccccc2N(CCCF)C1=O. The van der Waals surface area contributed by atoms with Gasteiger partial charge in [0.1, 0.15) is 5.54 Å². The third kappa shape index (κ3) is 2.40. The van der Waals surface area contributed by atoms with E-state index in [0.717, 1.165) is 0 Å². The number of amides is 2. The molecule has 1 heterocycles. The summed E-state index contributed by atoms with van der Waals surface area (Å²) in [4.78, 5) is 26.5. The first kappa shape index (κ1) is 14.5. The summed E-state index contributed by atoms with van der Waals surface area (Å²) >= 11 is 0. The van der Waals surface area contributed by atoms with Crippen molar-refractivity contribution in [1.82, 2.24) is 5.32 Å². The molecule has 0 aliphatic carbocycles. The van der Waals surface area contributed by atoms with Gasteiger partial charge in [0.2, 0.25) is 0 Å². The Bertz CT molecular complexity index is 532. The Balaban J connectivity index is 2.51. The molecule has 1 aromatic rings. The van der Waals surface area contributed by atoms with Crippen LogP contribution in [-0.4, -0.2) is 30.6 Å². The molecular weight excluding hydrogens is 259 g/mol. The van der Waals surface area contributed by atoms with Crippen LogP contribution in [-0.2, 0) is 4.79 Å². The summed E-state index contributed by atoms with van der Waals surface area (Å²) in [5, 5.41) is 2.79. The van der Waals surface area contributed by atoms with Gasteiger partial charge in [0.25, 0.3) is 11.8 Å². The number of hydrogen-bond donors (Lipinski definition) is 1. The number of rotatable bonds is 4. The van der Waals surface area contributed by atoms with E-state index in [1.807, 2.05) is 6.92 Å². The highest BCUT2D eigenvalue weighted by molar-refractivity contribution is 6.12. The number of carbonyl (C=O) groups excluding carboxylic acids is 2. The van der Waals surface area contributed by atoms with Crippen LogP contribution in [0.4, 0.5) is 10.1 Å². The van der Waals surface area contributed by atoms with Gasteiger partial charge in [0.05, 0.1) is 17.9 Å². The van der Waals surface area contributed by atoms with Gasteiger partial charge < -0.3 is 10.2 Å². The molecule has 1 aliphatic rings. The van der Waals surface area contributed by atoms with Crippen LogP contribution < -0.4 is 10.2 Å². The molecule has 1 N–H and O–H groups in total. The van der Waals surface area contributed by atoms with Gasteiger partial charge >= 0.3 is 0 Å². The van der Waals surface area contributed by atoms with Gasteiger partial charge in [-0.25, -0.2) is 0 Å². The van der Waals surface area contributed by atoms with Crippen molar-refractivity contribution in [3.05, 3.63) is 29.8 Å². The maximum atomic E-state index is 12.7.